The van der Waals surface area contributed by atoms with Gasteiger partial charge >= 0.3 is 11.9 Å². The summed E-state index contributed by atoms with van der Waals surface area (Å²) in [6, 6.07) is 0. The van der Waals surface area contributed by atoms with E-state index in [1.807, 2.05) is 0 Å². The lowest BCUT2D eigenvalue weighted by Crippen LogP contribution is -2.10. The Hall–Kier alpha value is -0.0100. The van der Waals surface area contributed by atoms with E-state index in [0.29, 0.717) is 24.7 Å². The van der Waals surface area contributed by atoms with E-state index in [4.69, 9.17) is 9.47 Å². The van der Waals surface area contributed by atoms with Crippen molar-refractivity contribution >= 4 is 49.0 Å². The zero-order valence-electron chi connectivity index (χ0n) is 8.18. The molecule has 0 bridgehead atoms. The lowest BCUT2D eigenvalue weighted by molar-refractivity contribution is -0.140. The fourth-order valence-corrected chi connectivity index (χ4v) is 1.41. The number of hydrogen-bond donors (Lipinski definition) is 2. The average molecular weight is 270 g/mol. The zero-order valence-corrected chi connectivity index (χ0v) is 10.8. The summed E-state index contributed by atoms with van der Waals surface area (Å²) in [6.45, 7) is 0.731. The third kappa shape index (κ3) is 10.3. The Morgan fingerprint density at radius 2 is 1.33 bits per heavy atom. The topological polar surface area (TPSA) is 52.6 Å². The van der Waals surface area contributed by atoms with Gasteiger partial charge in [-0.25, -0.2) is 0 Å². The summed E-state index contributed by atoms with van der Waals surface area (Å²) < 4.78 is 9.57. The standard InChI is InChI=1S/C8H14O4S3/c9-7(5-13)11-1-3-15-4-2-12-8(10)6-14/h13-14H,1-6H2. The number of esters is 2. The number of ether oxygens (including phenoxy) is 2. The van der Waals surface area contributed by atoms with Crippen LogP contribution in [-0.4, -0.2) is 48.2 Å². The van der Waals surface area contributed by atoms with Crippen molar-refractivity contribution in [2.45, 2.75) is 0 Å². The van der Waals surface area contributed by atoms with E-state index in [1.165, 1.54) is 0 Å². The lowest BCUT2D eigenvalue weighted by Gasteiger charge is -2.04. The van der Waals surface area contributed by atoms with Gasteiger partial charge < -0.3 is 9.47 Å². The molecule has 15 heavy (non-hydrogen) atoms. The Morgan fingerprint density at radius 1 is 0.933 bits per heavy atom. The summed E-state index contributed by atoms with van der Waals surface area (Å²) >= 11 is 9.08. The quantitative estimate of drug-likeness (QED) is 0.386. The molecular weight excluding hydrogens is 256 g/mol. The molecule has 0 amide bonds. The molecule has 88 valence electrons. The zero-order chi connectivity index (χ0) is 11.5. The van der Waals surface area contributed by atoms with Crippen molar-refractivity contribution in [1.29, 1.82) is 0 Å². The van der Waals surface area contributed by atoms with Gasteiger partial charge in [0.05, 0.1) is 11.5 Å². The average Bonchev–Trinajstić information content (AvgIpc) is 2.26. The highest BCUT2D eigenvalue weighted by molar-refractivity contribution is 7.99. The summed E-state index contributed by atoms with van der Waals surface area (Å²) in [7, 11) is 0. The minimum Gasteiger partial charge on any atom is -0.464 e. The van der Waals surface area contributed by atoms with Gasteiger partial charge in [-0.05, 0) is 0 Å². The van der Waals surface area contributed by atoms with Crippen LogP contribution in [0.1, 0.15) is 0 Å². The van der Waals surface area contributed by atoms with E-state index in [-0.39, 0.29) is 23.4 Å². The van der Waals surface area contributed by atoms with E-state index in [0.717, 1.165) is 0 Å². The first-order valence-electron chi connectivity index (χ1n) is 4.31. The molecule has 0 aliphatic rings. The van der Waals surface area contributed by atoms with Crippen LogP contribution in [0, 0.1) is 0 Å². The van der Waals surface area contributed by atoms with Gasteiger partial charge in [0.25, 0.3) is 0 Å². The van der Waals surface area contributed by atoms with Gasteiger partial charge in [-0.1, -0.05) is 0 Å². The molecule has 0 fully saturated rings. The molecule has 0 saturated carbocycles. The first kappa shape index (κ1) is 15.0. The van der Waals surface area contributed by atoms with Crippen LogP contribution >= 0.6 is 37.0 Å². The van der Waals surface area contributed by atoms with Crippen molar-refractivity contribution < 1.29 is 19.1 Å². The number of rotatable bonds is 8. The normalized spacial score (nSPS) is 9.73. The van der Waals surface area contributed by atoms with E-state index < -0.39 is 0 Å². The fraction of sp³-hybridized carbons (Fsp3) is 0.750. The molecule has 0 spiro atoms. The lowest BCUT2D eigenvalue weighted by atomic mass is 10.7. The molecule has 0 atom stereocenters. The molecule has 0 aromatic rings. The van der Waals surface area contributed by atoms with Crippen LogP contribution in [0.4, 0.5) is 0 Å². The number of carbonyl (C=O) groups excluding carboxylic acids is 2. The monoisotopic (exact) mass is 270 g/mol. The first-order chi connectivity index (χ1) is 7.20. The largest absolute Gasteiger partial charge is 0.464 e. The molecule has 0 aromatic heterocycles. The number of thiol groups is 2. The third-order valence-corrected chi connectivity index (χ3v) is 2.67. The molecule has 0 heterocycles. The van der Waals surface area contributed by atoms with Gasteiger partial charge in [-0.3, -0.25) is 9.59 Å². The Balaban J connectivity index is 3.11. The number of carbonyl (C=O) groups is 2. The van der Waals surface area contributed by atoms with Gasteiger partial charge in [0.15, 0.2) is 0 Å². The smallest absolute Gasteiger partial charge is 0.315 e. The van der Waals surface area contributed by atoms with Gasteiger partial charge in [-0.15, -0.1) is 0 Å². The van der Waals surface area contributed by atoms with Gasteiger partial charge in [0.2, 0.25) is 0 Å². The molecular formula is C8H14O4S3. The summed E-state index contributed by atoms with van der Waals surface area (Å²) in [5.74, 6) is 0.950. The Labute approximate surface area is 104 Å². The Bertz CT molecular complexity index is 178. The number of hydrogen-bond acceptors (Lipinski definition) is 7. The second-order valence-electron chi connectivity index (χ2n) is 2.37. The van der Waals surface area contributed by atoms with Crippen molar-refractivity contribution in [3.8, 4) is 0 Å². The summed E-state index contributed by atoms with van der Waals surface area (Å²) in [4.78, 5) is 21.3. The van der Waals surface area contributed by atoms with Crippen LogP contribution in [0.5, 0.6) is 0 Å². The second kappa shape index (κ2) is 10.5. The number of thioether (sulfide) groups is 1. The molecule has 4 nitrogen and oxygen atoms in total. The highest BCUT2D eigenvalue weighted by Crippen LogP contribution is 2.00. The molecule has 0 N–H and O–H groups in total. The van der Waals surface area contributed by atoms with Crippen molar-refractivity contribution in [1.82, 2.24) is 0 Å². The van der Waals surface area contributed by atoms with Gasteiger partial charge in [0.1, 0.15) is 13.2 Å². The van der Waals surface area contributed by atoms with Crippen LogP contribution < -0.4 is 0 Å². The molecule has 0 rings (SSSR count). The molecule has 0 aliphatic carbocycles. The molecule has 0 unspecified atom stereocenters. The van der Waals surface area contributed by atoms with Crippen LogP contribution in [-0.2, 0) is 19.1 Å². The van der Waals surface area contributed by atoms with Crippen LogP contribution in [0.2, 0.25) is 0 Å². The maximum Gasteiger partial charge on any atom is 0.315 e. The molecule has 0 aromatic carbocycles. The molecule has 0 aliphatic heterocycles. The molecule has 0 saturated heterocycles. The predicted octanol–water partition coefficient (Wildman–Crippen LogP) is 0.666. The highest BCUT2D eigenvalue weighted by Gasteiger charge is 1.99. The van der Waals surface area contributed by atoms with Crippen molar-refractivity contribution in [3.63, 3.8) is 0 Å². The van der Waals surface area contributed by atoms with E-state index in [9.17, 15) is 9.59 Å². The fourth-order valence-electron chi connectivity index (χ4n) is 0.622. The first-order valence-corrected chi connectivity index (χ1v) is 6.73. The van der Waals surface area contributed by atoms with Crippen LogP contribution in [0.25, 0.3) is 0 Å². The minimum atomic E-state index is -0.319. The van der Waals surface area contributed by atoms with Crippen LogP contribution in [0.3, 0.4) is 0 Å². The SMILES string of the molecule is O=C(CS)OCCSCCOC(=O)CS. The summed E-state index contributed by atoms with van der Waals surface area (Å²) in [5, 5.41) is 0. The predicted molar refractivity (Wildman–Crippen MR) is 66.9 cm³/mol. The Kier molecular flexibility index (Phi) is 10.5. The van der Waals surface area contributed by atoms with Crippen molar-refractivity contribution in [2.75, 3.05) is 36.2 Å². The molecule has 0 radical (unpaired) electrons. The van der Waals surface area contributed by atoms with Crippen molar-refractivity contribution in [2.24, 2.45) is 0 Å². The van der Waals surface area contributed by atoms with Gasteiger partial charge in [0, 0.05) is 11.5 Å². The second-order valence-corrected chi connectivity index (χ2v) is 4.23. The van der Waals surface area contributed by atoms with E-state index >= 15 is 0 Å². The summed E-state index contributed by atoms with van der Waals surface area (Å²) in [6.07, 6.45) is 0. The summed E-state index contributed by atoms with van der Waals surface area (Å²) in [5.41, 5.74) is 0. The molecule has 7 heteroatoms. The highest BCUT2D eigenvalue weighted by atomic mass is 32.2. The minimum absolute atomic E-state index is 0.101. The van der Waals surface area contributed by atoms with E-state index in [2.05, 4.69) is 25.3 Å². The van der Waals surface area contributed by atoms with E-state index in [1.54, 1.807) is 11.8 Å². The van der Waals surface area contributed by atoms with Gasteiger partial charge in [-0.2, -0.15) is 37.0 Å². The van der Waals surface area contributed by atoms with Crippen LogP contribution in [0.15, 0.2) is 0 Å². The maximum atomic E-state index is 10.6. The maximum absolute atomic E-state index is 10.6. The third-order valence-electron chi connectivity index (χ3n) is 1.24. The Morgan fingerprint density at radius 3 is 1.67 bits per heavy atom. The van der Waals surface area contributed by atoms with Crippen molar-refractivity contribution in [3.05, 3.63) is 0 Å².